The Labute approximate surface area is 338 Å². The van der Waals surface area contributed by atoms with E-state index in [1.54, 1.807) is 13.2 Å². The monoisotopic (exact) mass is 767 g/mol. The van der Waals surface area contributed by atoms with Crippen molar-refractivity contribution in [3.05, 3.63) is 47.0 Å². The first-order valence-electron chi connectivity index (χ1n) is 19.9. The highest BCUT2D eigenvalue weighted by Crippen LogP contribution is 2.38. The van der Waals surface area contributed by atoms with Crippen LogP contribution in [0.4, 0.5) is 0 Å². The van der Waals surface area contributed by atoms with Crippen molar-refractivity contribution in [2.45, 2.75) is 216 Å². The van der Waals surface area contributed by atoms with E-state index < -0.39 is 5.60 Å². The SMILES string of the molecule is C=CC(C)(C)C.CC(C)(C)C1CO1.CC(C)(C)CC1(C)COC1.CC(C)=C(C)C(=O)OC(C)(C)C.CC(C)=C(C)OC(C)(C)C.CC(C)=COC(C)(C)C. The van der Waals surface area contributed by atoms with Crippen LogP contribution in [0.2, 0.25) is 0 Å². The zero-order chi connectivity index (χ0) is 44.3. The summed E-state index contributed by atoms with van der Waals surface area (Å²) < 4.78 is 26.3. The number of ether oxygens (including phenoxy) is 5. The van der Waals surface area contributed by atoms with Crippen molar-refractivity contribution < 1.29 is 28.5 Å². The fraction of sp³-hybridized carbons (Fsp3) is 0.812. The van der Waals surface area contributed by atoms with Crippen LogP contribution in [0.15, 0.2) is 47.0 Å². The molecule has 2 heterocycles. The Morgan fingerprint density at radius 1 is 0.685 bits per heavy atom. The normalized spacial score (nSPS) is 15.9. The van der Waals surface area contributed by atoms with Crippen LogP contribution in [-0.4, -0.2) is 48.7 Å². The summed E-state index contributed by atoms with van der Waals surface area (Å²) in [5.41, 5.74) is 5.29. The van der Waals surface area contributed by atoms with Gasteiger partial charge in [0.05, 0.1) is 43.5 Å². The summed E-state index contributed by atoms with van der Waals surface area (Å²) in [6.45, 7) is 62.3. The second kappa shape index (κ2) is 24.6. The number of hydrogen-bond acceptors (Lipinski definition) is 6. The number of hydrogen-bond donors (Lipinski definition) is 0. The lowest BCUT2D eigenvalue weighted by Crippen LogP contribution is -2.42. The topological polar surface area (TPSA) is 66.5 Å². The van der Waals surface area contributed by atoms with Gasteiger partial charge in [0.15, 0.2) is 0 Å². The first kappa shape index (κ1) is 58.7. The van der Waals surface area contributed by atoms with Crippen molar-refractivity contribution >= 4 is 5.97 Å². The Morgan fingerprint density at radius 2 is 1.07 bits per heavy atom. The van der Waals surface area contributed by atoms with Crippen LogP contribution in [0.3, 0.4) is 0 Å². The summed E-state index contributed by atoms with van der Waals surface area (Å²) in [5.74, 6) is 0.815. The third-order valence-electron chi connectivity index (χ3n) is 7.04. The number of carbonyl (C=O) groups excluding carboxylic acids is 1. The van der Waals surface area contributed by atoms with Crippen LogP contribution >= 0.6 is 0 Å². The summed E-state index contributed by atoms with van der Waals surface area (Å²) in [4.78, 5) is 11.3. The quantitative estimate of drug-likeness (QED) is 0.0933. The van der Waals surface area contributed by atoms with Gasteiger partial charge >= 0.3 is 5.97 Å². The molecule has 0 amide bonds. The van der Waals surface area contributed by atoms with Crippen molar-refractivity contribution in [3.8, 4) is 0 Å². The Morgan fingerprint density at radius 3 is 1.19 bits per heavy atom. The second-order valence-corrected chi connectivity index (χ2v) is 22.1. The number of allylic oxidation sites excluding steroid dienone is 5. The molecule has 2 aliphatic rings. The maximum Gasteiger partial charge on any atom is 0.334 e. The Hall–Kier alpha value is -2.05. The van der Waals surface area contributed by atoms with Crippen molar-refractivity contribution in [1.29, 1.82) is 0 Å². The van der Waals surface area contributed by atoms with Crippen molar-refractivity contribution in [3.63, 3.8) is 0 Å². The van der Waals surface area contributed by atoms with Crippen molar-refractivity contribution in [2.24, 2.45) is 21.7 Å². The van der Waals surface area contributed by atoms with Gasteiger partial charge in [-0.1, -0.05) is 80.9 Å². The number of rotatable bonds is 4. The third kappa shape index (κ3) is 44.3. The molecule has 1 atom stereocenters. The number of esters is 1. The molecule has 0 radical (unpaired) electrons. The highest BCUT2D eigenvalue weighted by atomic mass is 16.6. The zero-order valence-electron chi connectivity index (χ0n) is 41.2. The van der Waals surface area contributed by atoms with Gasteiger partial charge in [-0.2, -0.15) is 0 Å². The van der Waals surface area contributed by atoms with E-state index in [4.69, 9.17) is 23.7 Å². The predicted molar refractivity (Wildman–Crippen MR) is 237 cm³/mol. The van der Waals surface area contributed by atoms with Gasteiger partial charge in [0.2, 0.25) is 0 Å². The first-order chi connectivity index (χ1) is 23.6. The molecular weight excluding hydrogens is 673 g/mol. The molecule has 0 N–H and O–H groups in total. The van der Waals surface area contributed by atoms with E-state index in [1.807, 2.05) is 82.2 Å². The van der Waals surface area contributed by atoms with Crippen LogP contribution < -0.4 is 0 Å². The van der Waals surface area contributed by atoms with E-state index in [9.17, 15) is 4.79 Å². The highest BCUT2D eigenvalue weighted by molar-refractivity contribution is 5.88. The molecule has 0 aromatic rings. The Kier molecular flexibility index (Phi) is 26.7. The smallest absolute Gasteiger partial charge is 0.334 e. The fourth-order valence-electron chi connectivity index (χ4n) is 3.80. The zero-order valence-corrected chi connectivity index (χ0v) is 41.2. The Balaban J connectivity index is -0.000000281. The van der Waals surface area contributed by atoms with Crippen LogP contribution in [0.1, 0.15) is 193 Å². The molecule has 2 aliphatic heterocycles. The molecule has 2 saturated heterocycles. The maximum absolute atomic E-state index is 11.3. The van der Waals surface area contributed by atoms with E-state index in [1.165, 1.54) is 17.6 Å². The van der Waals surface area contributed by atoms with E-state index in [2.05, 4.69) is 110 Å². The molecule has 0 saturated carbocycles. The van der Waals surface area contributed by atoms with Crippen LogP contribution in [0, 0.1) is 21.7 Å². The van der Waals surface area contributed by atoms with Crippen LogP contribution in [-0.2, 0) is 28.5 Å². The fourth-order valence-corrected chi connectivity index (χ4v) is 3.80. The summed E-state index contributed by atoms with van der Waals surface area (Å²) in [7, 11) is 0. The third-order valence-corrected chi connectivity index (χ3v) is 7.04. The molecular formula is C48H94O6. The van der Waals surface area contributed by atoms with E-state index in [0.29, 0.717) is 33.3 Å². The van der Waals surface area contributed by atoms with Crippen molar-refractivity contribution in [2.75, 3.05) is 19.8 Å². The summed E-state index contributed by atoms with van der Waals surface area (Å²) >= 11 is 0. The lowest BCUT2D eigenvalue weighted by Gasteiger charge is -2.42. The van der Waals surface area contributed by atoms with Gasteiger partial charge in [-0.25, -0.2) is 4.79 Å². The molecule has 322 valence electrons. The lowest BCUT2D eigenvalue weighted by molar-refractivity contribution is -0.149. The maximum atomic E-state index is 11.3. The van der Waals surface area contributed by atoms with Crippen LogP contribution in [0.5, 0.6) is 0 Å². The van der Waals surface area contributed by atoms with Crippen molar-refractivity contribution in [1.82, 2.24) is 0 Å². The molecule has 0 aliphatic carbocycles. The molecule has 54 heavy (non-hydrogen) atoms. The van der Waals surface area contributed by atoms with E-state index in [0.717, 1.165) is 31.2 Å². The van der Waals surface area contributed by atoms with E-state index in [-0.39, 0.29) is 17.2 Å². The molecule has 2 rings (SSSR count). The molecule has 0 bridgehead atoms. The molecule has 0 aromatic heterocycles. The molecule has 0 spiro atoms. The lowest BCUT2D eigenvalue weighted by atomic mass is 9.74. The standard InChI is InChI=1S/C10H18O2.2C9H18O.C8H16O.C6H12O.C6H12/c1-7(2)8(3)9(11)12-10(4,5)6;1-8(2,3)5-9(4)6-10-7-9;1-7(2)8(3)10-9(4,5)6;1-7(2)6-9-8(3,4)5;1-6(2,3)5-4-7-5;1-5-6(2,3)4/h1-6H3;5-7H2,1-4H3;1-6H3;6H,1-5H3;5H,4H2,1-3H3;5H,1H2,2-4H3. The average Bonchev–Trinajstić information content (AvgIpc) is 3.75. The Bertz CT molecular complexity index is 1140. The second-order valence-electron chi connectivity index (χ2n) is 22.1. The predicted octanol–water partition coefficient (Wildman–Crippen LogP) is 14.6. The molecule has 6 heteroatoms. The van der Waals surface area contributed by atoms with Gasteiger partial charge in [0.1, 0.15) is 11.2 Å². The van der Waals surface area contributed by atoms with Gasteiger partial charge in [0.25, 0.3) is 0 Å². The molecule has 1 unspecified atom stereocenters. The molecule has 6 nitrogen and oxygen atoms in total. The number of epoxide rings is 1. The number of carbonyl (C=O) groups is 1. The first-order valence-corrected chi connectivity index (χ1v) is 19.9. The average molecular weight is 767 g/mol. The molecule has 2 fully saturated rings. The minimum Gasteiger partial charge on any atom is -0.496 e. The summed E-state index contributed by atoms with van der Waals surface area (Å²) in [6, 6.07) is 0. The van der Waals surface area contributed by atoms with Gasteiger partial charge in [0, 0.05) is 11.0 Å². The largest absolute Gasteiger partial charge is 0.496 e. The van der Waals surface area contributed by atoms with Crippen LogP contribution in [0.25, 0.3) is 0 Å². The van der Waals surface area contributed by atoms with Gasteiger partial charge in [-0.15, -0.1) is 6.58 Å². The van der Waals surface area contributed by atoms with Gasteiger partial charge < -0.3 is 23.7 Å². The van der Waals surface area contributed by atoms with Gasteiger partial charge in [-0.05, 0) is 152 Å². The van der Waals surface area contributed by atoms with Gasteiger partial charge in [-0.3, -0.25) is 0 Å². The summed E-state index contributed by atoms with van der Waals surface area (Å²) in [6.07, 6.45) is 5.56. The van der Waals surface area contributed by atoms with E-state index >= 15 is 0 Å². The molecule has 0 aromatic carbocycles. The highest BCUT2D eigenvalue weighted by Gasteiger charge is 2.37. The summed E-state index contributed by atoms with van der Waals surface area (Å²) in [5, 5.41) is 0. The minimum absolute atomic E-state index is 0.0444. The minimum atomic E-state index is -0.395.